The van der Waals surface area contributed by atoms with Gasteiger partial charge < -0.3 is 10.4 Å². The molecule has 2 aromatic carbocycles. The Balaban J connectivity index is 2.59. The van der Waals surface area contributed by atoms with Crippen LogP contribution in [-0.2, 0) is 10.0 Å². The first-order valence-corrected chi connectivity index (χ1v) is 8.30. The van der Waals surface area contributed by atoms with Gasteiger partial charge in [0.25, 0.3) is 0 Å². The molecule has 0 heterocycles. The number of carbonyl (C=O) groups is 1. The second-order valence-corrected chi connectivity index (χ2v) is 7.40. The van der Waals surface area contributed by atoms with Gasteiger partial charge in [0.1, 0.15) is 0 Å². The Bertz CT molecular complexity index is 831. The number of hydrogen-bond acceptors (Lipinski definition) is 4. The summed E-state index contributed by atoms with van der Waals surface area (Å²) in [6, 6.07) is 11.7. The predicted octanol–water partition coefficient (Wildman–Crippen LogP) is 2.69. The number of sulfonamides is 1. The fourth-order valence-corrected chi connectivity index (χ4v) is 3.13. The van der Waals surface area contributed by atoms with E-state index in [0.29, 0.717) is 11.3 Å². The van der Waals surface area contributed by atoms with E-state index >= 15 is 0 Å². The van der Waals surface area contributed by atoms with Crippen molar-refractivity contribution >= 4 is 27.4 Å². The number of carboxylic acids is 1. The van der Waals surface area contributed by atoms with Gasteiger partial charge in [-0.15, -0.1) is 0 Å². The summed E-state index contributed by atoms with van der Waals surface area (Å²) in [6.07, 6.45) is 0. The molecule has 2 N–H and O–H groups in total. The molecule has 0 atom stereocenters. The van der Waals surface area contributed by atoms with Crippen molar-refractivity contribution in [1.82, 2.24) is 4.31 Å². The van der Waals surface area contributed by atoms with E-state index in [9.17, 15) is 18.3 Å². The molecule has 0 aromatic heterocycles. The highest BCUT2D eigenvalue weighted by molar-refractivity contribution is 7.89. The summed E-state index contributed by atoms with van der Waals surface area (Å²) in [5, 5.41) is 12.5. The number of rotatable bonds is 5. The van der Waals surface area contributed by atoms with Gasteiger partial charge in [0.15, 0.2) is 0 Å². The molecule has 0 bridgehead atoms. The molecule has 0 fully saturated rings. The standard InChI is InChI=1S/C16H18N2O4S/c1-11-9-13(23(21,22)18(2)3)10-14(16(19)20)15(11)17-12-7-5-4-6-8-12/h4-10,17H,1-3H3,(H,19,20). The summed E-state index contributed by atoms with van der Waals surface area (Å²) in [7, 11) is -0.895. The number of nitrogens with one attached hydrogen (secondary N) is 1. The molecule has 6 nitrogen and oxygen atoms in total. The molecule has 0 saturated carbocycles. The molecule has 0 aliphatic heterocycles. The number of carboxylic acid groups (broad SMARTS) is 1. The van der Waals surface area contributed by atoms with Gasteiger partial charge in [0, 0.05) is 19.8 Å². The molecule has 122 valence electrons. The van der Waals surface area contributed by atoms with Crippen molar-refractivity contribution in [3.05, 3.63) is 53.6 Å². The summed E-state index contributed by atoms with van der Waals surface area (Å²) in [6.45, 7) is 1.67. The minimum atomic E-state index is -3.70. The summed E-state index contributed by atoms with van der Waals surface area (Å²) >= 11 is 0. The van der Waals surface area contributed by atoms with Crippen molar-refractivity contribution in [2.24, 2.45) is 0 Å². The Morgan fingerprint density at radius 2 is 1.74 bits per heavy atom. The lowest BCUT2D eigenvalue weighted by atomic mass is 10.1. The van der Waals surface area contributed by atoms with Crippen LogP contribution in [0.2, 0.25) is 0 Å². The molecule has 2 rings (SSSR count). The average molecular weight is 334 g/mol. The predicted molar refractivity (Wildman–Crippen MR) is 88.7 cm³/mol. The highest BCUT2D eigenvalue weighted by Crippen LogP contribution is 2.29. The third-order valence-corrected chi connectivity index (χ3v) is 5.15. The van der Waals surface area contributed by atoms with E-state index in [4.69, 9.17) is 0 Å². The normalized spacial score (nSPS) is 11.5. The minimum absolute atomic E-state index is 0.0454. The van der Waals surface area contributed by atoms with Crippen LogP contribution in [0.15, 0.2) is 47.4 Å². The van der Waals surface area contributed by atoms with Crippen LogP contribution in [0.1, 0.15) is 15.9 Å². The maximum Gasteiger partial charge on any atom is 0.337 e. The molecule has 0 amide bonds. The lowest BCUT2D eigenvalue weighted by Crippen LogP contribution is -2.23. The van der Waals surface area contributed by atoms with E-state index in [1.165, 1.54) is 26.2 Å². The van der Waals surface area contributed by atoms with Crippen molar-refractivity contribution < 1.29 is 18.3 Å². The number of aryl methyl sites for hydroxylation is 1. The molecule has 0 aliphatic carbocycles. The maximum atomic E-state index is 12.2. The monoisotopic (exact) mass is 334 g/mol. The molecule has 0 spiro atoms. The van der Waals surface area contributed by atoms with Crippen LogP contribution < -0.4 is 5.32 Å². The Morgan fingerprint density at radius 1 is 1.13 bits per heavy atom. The van der Waals surface area contributed by atoms with E-state index in [1.807, 2.05) is 18.2 Å². The summed E-state index contributed by atoms with van der Waals surface area (Å²) in [5.74, 6) is -1.19. The van der Waals surface area contributed by atoms with Crippen molar-refractivity contribution in [3.63, 3.8) is 0 Å². The van der Waals surface area contributed by atoms with Crippen LogP contribution in [0.3, 0.4) is 0 Å². The topological polar surface area (TPSA) is 86.7 Å². The van der Waals surface area contributed by atoms with E-state index in [0.717, 1.165) is 9.99 Å². The molecular formula is C16H18N2O4S. The SMILES string of the molecule is Cc1cc(S(=O)(=O)N(C)C)cc(C(=O)O)c1Nc1ccccc1. The highest BCUT2D eigenvalue weighted by Gasteiger charge is 2.22. The lowest BCUT2D eigenvalue weighted by molar-refractivity contribution is 0.0697. The van der Waals surface area contributed by atoms with Gasteiger partial charge in [-0.1, -0.05) is 18.2 Å². The van der Waals surface area contributed by atoms with Crippen LogP contribution >= 0.6 is 0 Å². The Hall–Kier alpha value is -2.38. The average Bonchev–Trinajstić information content (AvgIpc) is 2.49. The quantitative estimate of drug-likeness (QED) is 0.878. The Labute approximate surface area is 135 Å². The van der Waals surface area contributed by atoms with Crippen molar-refractivity contribution in [3.8, 4) is 0 Å². The van der Waals surface area contributed by atoms with Gasteiger partial charge >= 0.3 is 5.97 Å². The summed E-state index contributed by atoms with van der Waals surface area (Å²) < 4.78 is 25.5. The largest absolute Gasteiger partial charge is 0.478 e. The van der Waals surface area contributed by atoms with E-state index in [2.05, 4.69) is 5.32 Å². The molecular weight excluding hydrogens is 316 g/mol. The summed E-state index contributed by atoms with van der Waals surface area (Å²) in [4.78, 5) is 11.5. The minimum Gasteiger partial charge on any atom is -0.478 e. The van der Waals surface area contributed by atoms with Crippen LogP contribution in [0.25, 0.3) is 0 Å². The third kappa shape index (κ3) is 3.52. The smallest absolute Gasteiger partial charge is 0.337 e. The number of benzene rings is 2. The van der Waals surface area contributed by atoms with Crippen LogP contribution in [-0.4, -0.2) is 37.9 Å². The Morgan fingerprint density at radius 3 is 2.26 bits per heavy atom. The number of nitrogens with zero attached hydrogens (tertiary/aromatic N) is 1. The van der Waals surface area contributed by atoms with Crippen molar-refractivity contribution in [2.75, 3.05) is 19.4 Å². The second kappa shape index (κ2) is 6.39. The molecule has 2 aromatic rings. The first-order chi connectivity index (χ1) is 10.7. The van der Waals surface area contributed by atoms with Crippen molar-refractivity contribution in [2.45, 2.75) is 11.8 Å². The maximum absolute atomic E-state index is 12.2. The fraction of sp³-hybridized carbons (Fsp3) is 0.188. The molecule has 7 heteroatoms. The van der Waals surface area contributed by atoms with Gasteiger partial charge in [0.2, 0.25) is 10.0 Å². The highest BCUT2D eigenvalue weighted by atomic mass is 32.2. The van der Waals surface area contributed by atoms with Gasteiger partial charge in [0.05, 0.1) is 16.1 Å². The van der Waals surface area contributed by atoms with Crippen LogP contribution in [0.5, 0.6) is 0 Å². The van der Waals surface area contributed by atoms with E-state index < -0.39 is 16.0 Å². The fourth-order valence-electron chi connectivity index (χ4n) is 2.11. The zero-order valence-corrected chi connectivity index (χ0v) is 13.9. The van der Waals surface area contributed by atoms with E-state index in [1.54, 1.807) is 19.1 Å². The Kier molecular flexibility index (Phi) is 4.72. The summed E-state index contributed by atoms with van der Waals surface area (Å²) in [5.41, 5.74) is 1.55. The molecule has 23 heavy (non-hydrogen) atoms. The zero-order valence-electron chi connectivity index (χ0n) is 13.1. The van der Waals surface area contributed by atoms with Gasteiger partial charge in [-0.2, -0.15) is 0 Å². The van der Waals surface area contributed by atoms with Gasteiger partial charge in [-0.3, -0.25) is 0 Å². The first-order valence-electron chi connectivity index (χ1n) is 6.86. The van der Waals surface area contributed by atoms with E-state index in [-0.39, 0.29) is 10.5 Å². The number of anilines is 2. The third-order valence-electron chi connectivity index (χ3n) is 3.36. The molecule has 0 unspecified atom stereocenters. The van der Waals surface area contributed by atoms with Crippen LogP contribution in [0.4, 0.5) is 11.4 Å². The number of para-hydroxylation sites is 1. The molecule has 0 saturated heterocycles. The van der Waals surface area contributed by atoms with Crippen LogP contribution in [0, 0.1) is 6.92 Å². The van der Waals surface area contributed by atoms with Gasteiger partial charge in [-0.05, 0) is 36.8 Å². The zero-order chi connectivity index (χ0) is 17.2. The lowest BCUT2D eigenvalue weighted by Gasteiger charge is -2.17. The second-order valence-electron chi connectivity index (χ2n) is 5.25. The number of hydrogen-bond donors (Lipinski definition) is 2. The number of aromatic carboxylic acids is 1. The van der Waals surface area contributed by atoms with Gasteiger partial charge in [-0.25, -0.2) is 17.5 Å². The first kappa shape index (κ1) is 17.0. The molecule has 0 radical (unpaired) electrons. The van der Waals surface area contributed by atoms with Crippen molar-refractivity contribution in [1.29, 1.82) is 0 Å². The molecule has 0 aliphatic rings.